The summed E-state index contributed by atoms with van der Waals surface area (Å²) in [6.45, 7) is 0.131. The smallest absolute Gasteiger partial charge is 0.274 e. The van der Waals surface area contributed by atoms with Crippen LogP contribution in [0.1, 0.15) is 16.1 Å². The van der Waals surface area contributed by atoms with E-state index < -0.39 is 11.7 Å². The SMILES string of the molecule is O=C(NCc1ccc(F)cc1Cl)c1nnn(-c2ccccc2)c1-c1ccncc1. The van der Waals surface area contributed by atoms with E-state index in [4.69, 9.17) is 11.6 Å². The fourth-order valence-electron chi connectivity index (χ4n) is 2.88. The van der Waals surface area contributed by atoms with Crippen LogP contribution in [0, 0.1) is 5.82 Å². The maximum absolute atomic E-state index is 13.2. The Morgan fingerprint density at radius 1 is 1.07 bits per heavy atom. The van der Waals surface area contributed by atoms with E-state index >= 15 is 0 Å². The van der Waals surface area contributed by atoms with E-state index in [-0.39, 0.29) is 17.3 Å². The summed E-state index contributed by atoms with van der Waals surface area (Å²) in [4.78, 5) is 16.9. The van der Waals surface area contributed by atoms with Crippen LogP contribution in [0.25, 0.3) is 16.9 Å². The van der Waals surface area contributed by atoms with E-state index in [1.54, 1.807) is 29.2 Å². The Balaban J connectivity index is 1.68. The molecule has 0 atom stereocenters. The highest BCUT2D eigenvalue weighted by molar-refractivity contribution is 6.31. The molecule has 4 rings (SSSR count). The Labute approximate surface area is 171 Å². The van der Waals surface area contributed by atoms with Gasteiger partial charge >= 0.3 is 0 Å². The molecule has 0 unspecified atom stereocenters. The molecular formula is C21H15ClFN5O. The predicted molar refractivity (Wildman–Crippen MR) is 107 cm³/mol. The van der Waals surface area contributed by atoms with Gasteiger partial charge in [0.15, 0.2) is 5.69 Å². The first kappa shape index (κ1) is 18.8. The van der Waals surface area contributed by atoms with Crippen molar-refractivity contribution in [1.29, 1.82) is 0 Å². The second kappa shape index (κ2) is 8.20. The van der Waals surface area contributed by atoms with E-state index in [0.29, 0.717) is 11.3 Å². The number of para-hydroxylation sites is 1. The van der Waals surface area contributed by atoms with Crippen LogP contribution in [0.4, 0.5) is 4.39 Å². The zero-order chi connectivity index (χ0) is 20.2. The van der Waals surface area contributed by atoms with E-state index in [1.165, 1.54) is 18.2 Å². The molecule has 4 aromatic rings. The summed E-state index contributed by atoms with van der Waals surface area (Å²) in [5, 5.41) is 11.3. The van der Waals surface area contributed by atoms with Gasteiger partial charge in [0.25, 0.3) is 5.91 Å². The molecule has 6 nitrogen and oxygen atoms in total. The normalized spacial score (nSPS) is 10.7. The number of pyridine rings is 1. The van der Waals surface area contributed by atoms with Crippen molar-refractivity contribution in [3.63, 3.8) is 0 Å². The molecule has 0 fully saturated rings. The van der Waals surface area contributed by atoms with Crippen LogP contribution in [0.3, 0.4) is 0 Å². The quantitative estimate of drug-likeness (QED) is 0.541. The van der Waals surface area contributed by atoms with Crippen LogP contribution >= 0.6 is 11.6 Å². The van der Waals surface area contributed by atoms with Crippen molar-refractivity contribution >= 4 is 17.5 Å². The number of hydrogen-bond acceptors (Lipinski definition) is 4. The number of carbonyl (C=O) groups is 1. The van der Waals surface area contributed by atoms with Gasteiger partial charge in [-0.15, -0.1) is 5.10 Å². The summed E-state index contributed by atoms with van der Waals surface area (Å²) in [5.41, 5.74) is 2.83. The van der Waals surface area contributed by atoms with Gasteiger partial charge in [0.2, 0.25) is 0 Å². The molecule has 0 saturated carbocycles. The molecule has 2 heterocycles. The van der Waals surface area contributed by atoms with Crippen molar-refractivity contribution in [2.24, 2.45) is 0 Å². The lowest BCUT2D eigenvalue weighted by molar-refractivity contribution is 0.0946. The van der Waals surface area contributed by atoms with Crippen molar-refractivity contribution in [3.05, 3.63) is 95.2 Å². The summed E-state index contributed by atoms with van der Waals surface area (Å²) >= 11 is 6.04. The summed E-state index contributed by atoms with van der Waals surface area (Å²) in [5.74, 6) is -0.852. The number of rotatable bonds is 5. The molecule has 0 aliphatic rings. The van der Waals surface area contributed by atoms with Gasteiger partial charge in [0, 0.05) is 29.5 Å². The van der Waals surface area contributed by atoms with Crippen molar-refractivity contribution < 1.29 is 9.18 Å². The number of carbonyl (C=O) groups excluding carboxylic acids is 1. The average Bonchev–Trinajstić information content (AvgIpc) is 3.19. The van der Waals surface area contributed by atoms with Gasteiger partial charge in [-0.2, -0.15) is 0 Å². The van der Waals surface area contributed by atoms with E-state index in [1.807, 2.05) is 30.3 Å². The molecule has 144 valence electrons. The summed E-state index contributed by atoms with van der Waals surface area (Å²) in [6, 6.07) is 17.0. The van der Waals surface area contributed by atoms with Gasteiger partial charge in [-0.1, -0.05) is 41.1 Å². The second-order valence-electron chi connectivity index (χ2n) is 6.19. The molecular weight excluding hydrogens is 393 g/mol. The minimum Gasteiger partial charge on any atom is -0.346 e. The molecule has 0 spiro atoms. The highest BCUT2D eigenvalue weighted by atomic mass is 35.5. The maximum Gasteiger partial charge on any atom is 0.274 e. The summed E-state index contributed by atoms with van der Waals surface area (Å²) in [7, 11) is 0. The van der Waals surface area contributed by atoms with Gasteiger partial charge in [-0.3, -0.25) is 9.78 Å². The van der Waals surface area contributed by atoms with Crippen LogP contribution in [-0.4, -0.2) is 25.9 Å². The Hall–Kier alpha value is -3.58. The number of hydrogen-bond donors (Lipinski definition) is 1. The molecule has 0 saturated heterocycles. The predicted octanol–water partition coefficient (Wildman–Crippen LogP) is 4.05. The van der Waals surface area contributed by atoms with E-state index in [9.17, 15) is 9.18 Å². The highest BCUT2D eigenvalue weighted by Crippen LogP contribution is 2.25. The fraction of sp³-hybridized carbons (Fsp3) is 0.0476. The fourth-order valence-corrected chi connectivity index (χ4v) is 3.11. The number of benzene rings is 2. The van der Waals surface area contributed by atoms with Crippen molar-refractivity contribution in [1.82, 2.24) is 25.3 Å². The van der Waals surface area contributed by atoms with Gasteiger partial charge in [-0.25, -0.2) is 9.07 Å². The minimum absolute atomic E-state index is 0.131. The average molecular weight is 408 g/mol. The van der Waals surface area contributed by atoms with Crippen molar-refractivity contribution in [2.45, 2.75) is 6.54 Å². The van der Waals surface area contributed by atoms with Gasteiger partial charge in [-0.05, 0) is 42.0 Å². The lowest BCUT2D eigenvalue weighted by Gasteiger charge is -2.09. The molecule has 8 heteroatoms. The molecule has 29 heavy (non-hydrogen) atoms. The Kier molecular flexibility index (Phi) is 5.31. The lowest BCUT2D eigenvalue weighted by atomic mass is 10.1. The molecule has 2 aromatic heterocycles. The van der Waals surface area contributed by atoms with E-state index in [0.717, 1.165) is 11.3 Å². The van der Waals surface area contributed by atoms with Crippen LogP contribution in [0.5, 0.6) is 0 Å². The molecule has 0 radical (unpaired) electrons. The molecule has 2 aromatic carbocycles. The summed E-state index contributed by atoms with van der Waals surface area (Å²) in [6.07, 6.45) is 3.27. The third kappa shape index (κ3) is 4.00. The van der Waals surface area contributed by atoms with E-state index in [2.05, 4.69) is 20.6 Å². The zero-order valence-electron chi connectivity index (χ0n) is 15.1. The Morgan fingerprint density at radius 3 is 2.55 bits per heavy atom. The van der Waals surface area contributed by atoms with Crippen LogP contribution in [-0.2, 0) is 6.54 Å². The number of amides is 1. The lowest BCUT2D eigenvalue weighted by Crippen LogP contribution is -2.24. The van der Waals surface area contributed by atoms with Crippen LogP contribution < -0.4 is 5.32 Å². The van der Waals surface area contributed by atoms with Gasteiger partial charge < -0.3 is 5.32 Å². The Morgan fingerprint density at radius 2 is 1.83 bits per heavy atom. The first-order valence-corrected chi connectivity index (χ1v) is 9.15. The maximum atomic E-state index is 13.2. The monoisotopic (exact) mass is 407 g/mol. The second-order valence-corrected chi connectivity index (χ2v) is 6.60. The number of halogens is 2. The van der Waals surface area contributed by atoms with Crippen LogP contribution in [0.15, 0.2) is 73.1 Å². The third-order valence-corrected chi connectivity index (χ3v) is 4.65. The topological polar surface area (TPSA) is 72.7 Å². The molecule has 0 aliphatic carbocycles. The molecule has 1 amide bonds. The standard InChI is InChI=1S/C21H15ClFN5O/c22-18-12-16(23)7-6-15(18)13-25-21(29)19-20(14-8-10-24-11-9-14)28(27-26-19)17-4-2-1-3-5-17/h1-12H,13H2,(H,25,29). The van der Waals surface area contributed by atoms with Gasteiger partial charge in [0.1, 0.15) is 11.5 Å². The first-order chi connectivity index (χ1) is 14.1. The number of aromatic nitrogens is 4. The molecule has 1 N–H and O–H groups in total. The number of nitrogens with one attached hydrogen (secondary N) is 1. The van der Waals surface area contributed by atoms with Gasteiger partial charge in [0.05, 0.1) is 5.69 Å². The van der Waals surface area contributed by atoms with Crippen molar-refractivity contribution in [2.75, 3.05) is 0 Å². The first-order valence-electron chi connectivity index (χ1n) is 8.77. The molecule has 0 bridgehead atoms. The molecule has 0 aliphatic heterocycles. The zero-order valence-corrected chi connectivity index (χ0v) is 15.8. The largest absolute Gasteiger partial charge is 0.346 e. The highest BCUT2D eigenvalue weighted by Gasteiger charge is 2.22. The number of nitrogens with zero attached hydrogens (tertiary/aromatic N) is 4. The third-order valence-electron chi connectivity index (χ3n) is 4.29. The summed E-state index contributed by atoms with van der Waals surface area (Å²) < 4.78 is 14.8. The minimum atomic E-state index is -0.434. The van der Waals surface area contributed by atoms with Crippen LogP contribution in [0.2, 0.25) is 5.02 Å². The van der Waals surface area contributed by atoms with Crippen molar-refractivity contribution in [3.8, 4) is 16.9 Å². The Bertz CT molecular complexity index is 1150.